The maximum absolute atomic E-state index is 12.1. The molecule has 0 radical (unpaired) electrons. The molecule has 1 unspecified atom stereocenters. The van der Waals surface area contributed by atoms with Gasteiger partial charge in [-0.2, -0.15) is 0 Å². The number of hydrogen-bond acceptors (Lipinski definition) is 5. The number of aliphatic hydroxyl groups is 1. The van der Waals surface area contributed by atoms with Crippen LogP contribution in [0.1, 0.15) is 18.4 Å². The van der Waals surface area contributed by atoms with Crippen LogP contribution in [0, 0.1) is 0 Å². The molecule has 0 spiro atoms. The quantitative estimate of drug-likeness (QED) is 0.401. The van der Waals surface area contributed by atoms with Crippen LogP contribution in [0.25, 0.3) is 0 Å². The fraction of sp³-hybridized carbons (Fsp3) is 0.333. The van der Waals surface area contributed by atoms with E-state index in [0.717, 1.165) is 0 Å². The Morgan fingerprint density at radius 3 is 1.88 bits per heavy atom. The second-order valence-corrected chi connectivity index (χ2v) is 5.23. The van der Waals surface area contributed by atoms with Crippen LogP contribution in [0.15, 0.2) is 30.3 Å². The minimum atomic E-state index is -2.75. The Morgan fingerprint density at radius 2 is 1.46 bits per heavy atom. The molecule has 0 heterocycles. The monoisotopic (exact) mass is 339 g/mol. The van der Waals surface area contributed by atoms with Gasteiger partial charge in [0, 0.05) is 6.42 Å². The SMILES string of the molecule is O=C(O)CC(O)(CC(=O)O)C(=O)NC(Cc1ccccc1)C(=O)O. The van der Waals surface area contributed by atoms with Crippen molar-refractivity contribution in [1.29, 1.82) is 0 Å². The van der Waals surface area contributed by atoms with Crippen LogP contribution in [0.4, 0.5) is 0 Å². The largest absolute Gasteiger partial charge is 0.481 e. The molecular weight excluding hydrogens is 322 g/mol. The van der Waals surface area contributed by atoms with Crippen molar-refractivity contribution in [3.63, 3.8) is 0 Å². The lowest BCUT2D eigenvalue weighted by Gasteiger charge is -2.25. The van der Waals surface area contributed by atoms with Crippen molar-refractivity contribution in [2.24, 2.45) is 0 Å². The molecule has 5 N–H and O–H groups in total. The summed E-state index contributed by atoms with van der Waals surface area (Å²) in [6, 6.07) is 6.86. The number of carboxylic acid groups (broad SMARTS) is 3. The average molecular weight is 339 g/mol. The molecule has 1 aromatic rings. The average Bonchev–Trinajstić information content (AvgIpc) is 2.45. The molecule has 0 aliphatic carbocycles. The van der Waals surface area contributed by atoms with Crippen LogP contribution >= 0.6 is 0 Å². The highest BCUT2D eigenvalue weighted by molar-refractivity contribution is 5.94. The van der Waals surface area contributed by atoms with Crippen LogP contribution < -0.4 is 5.32 Å². The summed E-state index contributed by atoms with van der Waals surface area (Å²) in [5, 5.41) is 38.7. The molecule has 0 saturated carbocycles. The lowest BCUT2D eigenvalue weighted by atomic mass is 9.93. The zero-order chi connectivity index (χ0) is 18.3. The van der Waals surface area contributed by atoms with Crippen molar-refractivity contribution in [3.8, 4) is 0 Å². The molecule has 9 heteroatoms. The summed E-state index contributed by atoms with van der Waals surface area (Å²) >= 11 is 0. The van der Waals surface area contributed by atoms with Crippen LogP contribution in [0.5, 0.6) is 0 Å². The number of carbonyl (C=O) groups excluding carboxylic acids is 1. The van der Waals surface area contributed by atoms with E-state index in [1.165, 1.54) is 0 Å². The normalized spacial score (nSPS) is 12.2. The third-order valence-corrected chi connectivity index (χ3v) is 3.20. The van der Waals surface area contributed by atoms with Crippen molar-refractivity contribution < 1.29 is 39.6 Å². The van der Waals surface area contributed by atoms with Gasteiger partial charge in [0.2, 0.25) is 0 Å². The Hall–Kier alpha value is -2.94. The minimum absolute atomic E-state index is 0.113. The van der Waals surface area contributed by atoms with Crippen LogP contribution in [0.3, 0.4) is 0 Å². The lowest BCUT2D eigenvalue weighted by Crippen LogP contribution is -2.54. The van der Waals surface area contributed by atoms with Gasteiger partial charge in [0.25, 0.3) is 5.91 Å². The molecule has 1 atom stereocenters. The topological polar surface area (TPSA) is 161 Å². The molecule has 0 aliphatic heterocycles. The van der Waals surface area contributed by atoms with Crippen molar-refractivity contribution in [1.82, 2.24) is 5.32 Å². The molecule has 130 valence electrons. The van der Waals surface area contributed by atoms with Gasteiger partial charge in [0.1, 0.15) is 6.04 Å². The van der Waals surface area contributed by atoms with E-state index in [1.807, 2.05) is 5.32 Å². The van der Waals surface area contributed by atoms with Gasteiger partial charge in [-0.1, -0.05) is 30.3 Å². The smallest absolute Gasteiger partial charge is 0.326 e. The predicted octanol–water partition coefficient (Wildman–Crippen LogP) is -0.521. The molecular formula is C15H17NO8. The first-order valence-corrected chi connectivity index (χ1v) is 6.87. The first-order valence-electron chi connectivity index (χ1n) is 6.87. The van der Waals surface area contributed by atoms with E-state index in [4.69, 9.17) is 10.2 Å². The second kappa shape index (κ2) is 8.06. The Kier molecular flexibility index (Phi) is 6.42. The van der Waals surface area contributed by atoms with E-state index in [0.29, 0.717) is 5.56 Å². The molecule has 0 aliphatic rings. The maximum atomic E-state index is 12.1. The number of carboxylic acids is 3. The van der Waals surface area contributed by atoms with Gasteiger partial charge in [0.15, 0.2) is 5.60 Å². The number of carbonyl (C=O) groups is 4. The van der Waals surface area contributed by atoms with Gasteiger partial charge in [-0.15, -0.1) is 0 Å². The van der Waals surface area contributed by atoms with Gasteiger partial charge in [-0.25, -0.2) is 4.79 Å². The van der Waals surface area contributed by atoms with E-state index >= 15 is 0 Å². The molecule has 24 heavy (non-hydrogen) atoms. The molecule has 0 saturated heterocycles. The van der Waals surface area contributed by atoms with E-state index in [-0.39, 0.29) is 6.42 Å². The highest BCUT2D eigenvalue weighted by Crippen LogP contribution is 2.17. The zero-order valence-corrected chi connectivity index (χ0v) is 12.5. The molecule has 0 aromatic heterocycles. The molecule has 1 amide bonds. The van der Waals surface area contributed by atoms with Crippen LogP contribution in [-0.4, -0.2) is 55.9 Å². The highest BCUT2D eigenvalue weighted by Gasteiger charge is 2.42. The summed E-state index contributed by atoms with van der Waals surface area (Å²) in [6.07, 6.45) is -2.44. The lowest BCUT2D eigenvalue weighted by molar-refractivity contribution is -0.160. The highest BCUT2D eigenvalue weighted by atomic mass is 16.4. The maximum Gasteiger partial charge on any atom is 0.326 e. The number of aliphatic carboxylic acids is 3. The van der Waals surface area contributed by atoms with Gasteiger partial charge < -0.3 is 25.7 Å². The second-order valence-electron chi connectivity index (χ2n) is 5.23. The number of benzene rings is 1. The summed E-state index contributed by atoms with van der Waals surface area (Å²) in [5.41, 5.74) is -2.16. The molecule has 9 nitrogen and oxygen atoms in total. The molecule has 1 rings (SSSR count). The van der Waals surface area contributed by atoms with Crippen molar-refractivity contribution in [3.05, 3.63) is 35.9 Å². The zero-order valence-electron chi connectivity index (χ0n) is 12.5. The number of rotatable bonds is 9. The Balaban J connectivity index is 2.93. The fourth-order valence-corrected chi connectivity index (χ4v) is 2.07. The molecule has 1 aromatic carbocycles. The number of amides is 1. The number of hydrogen-bond donors (Lipinski definition) is 5. The summed E-state index contributed by atoms with van der Waals surface area (Å²) in [7, 11) is 0. The summed E-state index contributed by atoms with van der Waals surface area (Å²) in [6.45, 7) is 0. The van der Waals surface area contributed by atoms with E-state index < -0.39 is 48.3 Å². The Labute approximate surface area is 136 Å². The predicted molar refractivity (Wildman–Crippen MR) is 79.2 cm³/mol. The van der Waals surface area contributed by atoms with Crippen LogP contribution in [-0.2, 0) is 25.6 Å². The first-order chi connectivity index (χ1) is 11.1. The van der Waals surface area contributed by atoms with Gasteiger partial charge >= 0.3 is 17.9 Å². The van der Waals surface area contributed by atoms with E-state index in [9.17, 15) is 29.4 Å². The third-order valence-electron chi connectivity index (χ3n) is 3.20. The minimum Gasteiger partial charge on any atom is -0.481 e. The van der Waals surface area contributed by atoms with Gasteiger partial charge in [0.05, 0.1) is 12.8 Å². The van der Waals surface area contributed by atoms with Crippen molar-refractivity contribution in [2.75, 3.05) is 0 Å². The van der Waals surface area contributed by atoms with Crippen molar-refractivity contribution in [2.45, 2.75) is 30.9 Å². The number of nitrogens with one attached hydrogen (secondary N) is 1. The van der Waals surface area contributed by atoms with Crippen LogP contribution in [0.2, 0.25) is 0 Å². The Bertz CT molecular complexity index is 612. The summed E-state index contributed by atoms with van der Waals surface area (Å²) < 4.78 is 0. The fourth-order valence-electron chi connectivity index (χ4n) is 2.07. The summed E-state index contributed by atoms with van der Waals surface area (Å²) in [4.78, 5) is 44.9. The standard InChI is InChI=1S/C15H17NO8/c17-11(18)7-15(24,8-12(19)20)14(23)16-10(13(21)22)6-9-4-2-1-3-5-9/h1-5,10,24H,6-8H2,(H,16,23)(H,17,18)(H,19,20)(H,21,22). The third kappa shape index (κ3) is 5.69. The molecule has 0 fully saturated rings. The van der Waals surface area contributed by atoms with E-state index in [2.05, 4.69) is 0 Å². The van der Waals surface area contributed by atoms with E-state index in [1.54, 1.807) is 30.3 Å². The van der Waals surface area contributed by atoms with Crippen molar-refractivity contribution >= 4 is 23.8 Å². The first kappa shape index (κ1) is 19.1. The van der Waals surface area contributed by atoms with Gasteiger partial charge in [-0.3, -0.25) is 14.4 Å². The summed E-state index contributed by atoms with van der Waals surface area (Å²) in [5.74, 6) is -5.96. The molecule has 0 bridgehead atoms. The van der Waals surface area contributed by atoms with Gasteiger partial charge in [-0.05, 0) is 5.56 Å². The Morgan fingerprint density at radius 1 is 0.958 bits per heavy atom.